The highest BCUT2D eigenvalue weighted by Gasteiger charge is 2.20. The SMILES string of the molecule is Cc1cn(-c2c(F)cccc2F)nc1C(=O)NC[C@@H](O)CN1CCOCC1. The van der Waals surface area contributed by atoms with Gasteiger partial charge in [-0.3, -0.25) is 9.69 Å². The number of aliphatic hydroxyl groups excluding tert-OH is 1. The Balaban J connectivity index is 1.62. The van der Waals surface area contributed by atoms with Crippen LogP contribution >= 0.6 is 0 Å². The zero-order valence-corrected chi connectivity index (χ0v) is 15.0. The van der Waals surface area contributed by atoms with Crippen LogP contribution in [0.25, 0.3) is 5.69 Å². The Morgan fingerprint density at radius 2 is 2.00 bits per heavy atom. The fourth-order valence-electron chi connectivity index (χ4n) is 2.95. The van der Waals surface area contributed by atoms with Gasteiger partial charge < -0.3 is 15.2 Å². The van der Waals surface area contributed by atoms with Crippen molar-refractivity contribution < 1.29 is 23.4 Å². The maximum absolute atomic E-state index is 13.9. The van der Waals surface area contributed by atoms with E-state index in [9.17, 15) is 18.7 Å². The number of aliphatic hydroxyl groups is 1. The van der Waals surface area contributed by atoms with Crippen LogP contribution in [0.2, 0.25) is 0 Å². The molecule has 1 atom stereocenters. The number of amides is 1. The van der Waals surface area contributed by atoms with E-state index in [1.54, 1.807) is 6.92 Å². The number of ether oxygens (including phenoxy) is 1. The van der Waals surface area contributed by atoms with Gasteiger partial charge in [-0.1, -0.05) is 6.07 Å². The summed E-state index contributed by atoms with van der Waals surface area (Å²) < 4.78 is 34.1. The molecule has 0 radical (unpaired) electrons. The maximum Gasteiger partial charge on any atom is 0.272 e. The van der Waals surface area contributed by atoms with Crippen LogP contribution in [0.15, 0.2) is 24.4 Å². The molecule has 1 saturated heterocycles. The second-order valence-corrected chi connectivity index (χ2v) is 6.45. The van der Waals surface area contributed by atoms with Gasteiger partial charge in [0.05, 0.1) is 19.3 Å². The molecule has 2 heterocycles. The van der Waals surface area contributed by atoms with Crippen molar-refractivity contribution in [3.8, 4) is 5.69 Å². The standard InChI is InChI=1S/C18H22F2N4O3/c1-12-10-24(17-14(19)3-2-4-15(17)20)22-16(12)18(26)21-9-13(25)11-23-5-7-27-8-6-23/h2-4,10,13,25H,5-9,11H2,1H3,(H,21,26)/t13-/m1/s1. The molecule has 1 aliphatic heterocycles. The van der Waals surface area contributed by atoms with Crippen LogP contribution in [0.3, 0.4) is 0 Å². The van der Waals surface area contributed by atoms with E-state index in [4.69, 9.17) is 4.74 Å². The molecule has 27 heavy (non-hydrogen) atoms. The van der Waals surface area contributed by atoms with Gasteiger partial charge in [-0.2, -0.15) is 5.10 Å². The topological polar surface area (TPSA) is 79.6 Å². The Bertz CT molecular complexity index is 786. The van der Waals surface area contributed by atoms with Crippen molar-refractivity contribution in [2.45, 2.75) is 13.0 Å². The molecule has 3 rings (SSSR count). The molecule has 146 valence electrons. The molecule has 1 amide bonds. The summed E-state index contributed by atoms with van der Waals surface area (Å²) in [4.78, 5) is 14.4. The number of morpholine rings is 1. The van der Waals surface area contributed by atoms with Gasteiger partial charge in [0.15, 0.2) is 17.3 Å². The van der Waals surface area contributed by atoms with Crippen LogP contribution in [-0.2, 0) is 4.74 Å². The fraction of sp³-hybridized carbons (Fsp3) is 0.444. The number of halogens is 2. The summed E-state index contributed by atoms with van der Waals surface area (Å²) in [7, 11) is 0. The minimum atomic E-state index is -0.773. The van der Waals surface area contributed by atoms with Gasteiger partial charge in [0.1, 0.15) is 5.69 Å². The largest absolute Gasteiger partial charge is 0.390 e. The van der Waals surface area contributed by atoms with Gasteiger partial charge in [-0.05, 0) is 19.1 Å². The van der Waals surface area contributed by atoms with Gasteiger partial charge in [0, 0.05) is 37.9 Å². The van der Waals surface area contributed by atoms with Crippen LogP contribution < -0.4 is 5.32 Å². The second kappa shape index (κ2) is 8.55. The molecule has 1 aromatic carbocycles. The number of para-hydroxylation sites is 1. The number of hydrogen-bond donors (Lipinski definition) is 2. The van der Waals surface area contributed by atoms with Gasteiger partial charge >= 0.3 is 0 Å². The Hall–Kier alpha value is -2.36. The normalized spacial score (nSPS) is 16.3. The monoisotopic (exact) mass is 380 g/mol. The van der Waals surface area contributed by atoms with Crippen molar-refractivity contribution in [1.29, 1.82) is 0 Å². The zero-order valence-electron chi connectivity index (χ0n) is 15.0. The second-order valence-electron chi connectivity index (χ2n) is 6.45. The molecule has 2 N–H and O–H groups in total. The molecule has 9 heteroatoms. The number of carbonyl (C=O) groups is 1. The number of rotatable bonds is 6. The smallest absolute Gasteiger partial charge is 0.272 e. The number of nitrogens with one attached hydrogen (secondary N) is 1. The van der Waals surface area contributed by atoms with E-state index in [0.717, 1.165) is 29.9 Å². The van der Waals surface area contributed by atoms with E-state index < -0.39 is 23.6 Å². The molecule has 0 unspecified atom stereocenters. The van der Waals surface area contributed by atoms with Crippen molar-refractivity contribution in [3.63, 3.8) is 0 Å². The fourth-order valence-corrected chi connectivity index (χ4v) is 2.95. The summed E-state index contributed by atoms with van der Waals surface area (Å²) in [6.45, 7) is 4.84. The summed E-state index contributed by atoms with van der Waals surface area (Å²) in [5.74, 6) is -2.06. The molecule has 1 aromatic heterocycles. The highest BCUT2D eigenvalue weighted by molar-refractivity contribution is 5.93. The van der Waals surface area contributed by atoms with Crippen molar-refractivity contribution in [1.82, 2.24) is 20.0 Å². The number of β-amino-alcohol motifs (C(OH)–C–C–N with tert-alkyl or cyclic N) is 1. The molecule has 7 nitrogen and oxygen atoms in total. The van der Waals surface area contributed by atoms with Gasteiger partial charge in [0.2, 0.25) is 0 Å². The van der Waals surface area contributed by atoms with Crippen LogP contribution in [0, 0.1) is 18.6 Å². The lowest BCUT2D eigenvalue weighted by Crippen LogP contribution is -2.44. The summed E-state index contributed by atoms with van der Waals surface area (Å²) in [6.07, 6.45) is 0.652. The number of nitrogens with zero attached hydrogens (tertiary/aromatic N) is 3. The first-order valence-electron chi connectivity index (χ1n) is 8.72. The van der Waals surface area contributed by atoms with Crippen LogP contribution in [0.1, 0.15) is 16.1 Å². The van der Waals surface area contributed by atoms with Gasteiger partial charge in [-0.15, -0.1) is 0 Å². The molecular weight excluding hydrogens is 358 g/mol. The quantitative estimate of drug-likeness (QED) is 0.778. The third-order valence-electron chi connectivity index (χ3n) is 4.35. The number of benzene rings is 1. The van der Waals surface area contributed by atoms with Crippen LogP contribution in [0.5, 0.6) is 0 Å². The predicted molar refractivity (Wildman–Crippen MR) is 93.8 cm³/mol. The Morgan fingerprint density at radius 1 is 1.33 bits per heavy atom. The average Bonchev–Trinajstić information content (AvgIpc) is 3.02. The van der Waals surface area contributed by atoms with Crippen LogP contribution in [-0.4, -0.2) is 71.2 Å². The summed E-state index contributed by atoms with van der Waals surface area (Å²) in [5.41, 5.74) is 0.182. The van der Waals surface area contributed by atoms with Crippen LogP contribution in [0.4, 0.5) is 8.78 Å². The Morgan fingerprint density at radius 3 is 2.67 bits per heavy atom. The zero-order chi connectivity index (χ0) is 19.4. The predicted octanol–water partition coefficient (Wildman–Crippen LogP) is 0.882. The molecular formula is C18H22F2N4O3. The van der Waals surface area contributed by atoms with Gasteiger partial charge in [-0.25, -0.2) is 13.5 Å². The third-order valence-corrected chi connectivity index (χ3v) is 4.35. The number of carbonyl (C=O) groups excluding carboxylic acids is 1. The first-order valence-corrected chi connectivity index (χ1v) is 8.72. The number of hydrogen-bond acceptors (Lipinski definition) is 5. The lowest BCUT2D eigenvalue weighted by molar-refractivity contribution is 0.0149. The molecule has 1 fully saturated rings. The summed E-state index contributed by atoms with van der Waals surface area (Å²) in [5, 5.41) is 16.7. The van der Waals surface area contributed by atoms with Crippen molar-refractivity contribution in [3.05, 3.63) is 47.3 Å². The average molecular weight is 380 g/mol. The molecule has 1 aliphatic rings. The lowest BCUT2D eigenvalue weighted by Gasteiger charge is -2.28. The highest BCUT2D eigenvalue weighted by Crippen LogP contribution is 2.18. The number of aryl methyl sites for hydroxylation is 1. The minimum absolute atomic E-state index is 0.0521. The van der Waals surface area contributed by atoms with Gasteiger partial charge in [0.25, 0.3) is 5.91 Å². The molecule has 2 aromatic rings. The first kappa shape index (κ1) is 19.4. The summed E-state index contributed by atoms with van der Waals surface area (Å²) >= 11 is 0. The van der Waals surface area contributed by atoms with Crippen molar-refractivity contribution in [2.24, 2.45) is 0 Å². The highest BCUT2D eigenvalue weighted by atomic mass is 19.1. The van der Waals surface area contributed by atoms with E-state index >= 15 is 0 Å². The Labute approximate surface area is 155 Å². The van der Waals surface area contributed by atoms with E-state index in [1.807, 2.05) is 0 Å². The lowest BCUT2D eigenvalue weighted by atomic mass is 10.2. The van der Waals surface area contributed by atoms with Crippen molar-refractivity contribution >= 4 is 5.91 Å². The minimum Gasteiger partial charge on any atom is -0.390 e. The molecule has 0 bridgehead atoms. The Kier molecular flexibility index (Phi) is 6.15. The first-order chi connectivity index (χ1) is 13.0. The molecule has 0 saturated carbocycles. The third kappa shape index (κ3) is 4.68. The van der Waals surface area contributed by atoms with E-state index in [2.05, 4.69) is 15.3 Å². The molecule has 0 spiro atoms. The van der Waals surface area contributed by atoms with E-state index in [-0.39, 0.29) is 17.9 Å². The summed E-state index contributed by atoms with van der Waals surface area (Å²) in [6, 6.07) is 3.50. The number of aromatic nitrogens is 2. The van der Waals surface area contributed by atoms with Crippen molar-refractivity contribution in [2.75, 3.05) is 39.4 Å². The van der Waals surface area contributed by atoms with E-state index in [0.29, 0.717) is 25.3 Å². The molecule has 0 aliphatic carbocycles. The maximum atomic E-state index is 13.9. The van der Waals surface area contributed by atoms with E-state index in [1.165, 1.54) is 12.3 Å².